The fourth-order valence-electron chi connectivity index (χ4n) is 2.33. The second-order valence-corrected chi connectivity index (χ2v) is 4.60. The summed E-state index contributed by atoms with van der Waals surface area (Å²) in [4.78, 5) is 22.6. The molecule has 0 saturated heterocycles. The van der Waals surface area contributed by atoms with Crippen LogP contribution in [0.3, 0.4) is 0 Å². The summed E-state index contributed by atoms with van der Waals surface area (Å²) in [6.45, 7) is 3.51. The number of carbonyl (C=O) groups excluding carboxylic acids is 1. The zero-order valence-electron chi connectivity index (χ0n) is 10.6. The molecule has 1 fully saturated rings. The maximum atomic E-state index is 11.4. The van der Waals surface area contributed by atoms with Gasteiger partial charge >= 0.3 is 12.1 Å². The van der Waals surface area contributed by atoms with Gasteiger partial charge in [-0.05, 0) is 18.8 Å². The third-order valence-corrected chi connectivity index (χ3v) is 3.24. The van der Waals surface area contributed by atoms with Crippen molar-refractivity contribution in [2.24, 2.45) is 5.92 Å². The monoisotopic (exact) mass is 255 g/mol. The summed E-state index contributed by atoms with van der Waals surface area (Å²) in [5.74, 6) is -0.987. The summed E-state index contributed by atoms with van der Waals surface area (Å²) in [5.41, 5.74) is 0. The molecule has 5 nitrogen and oxygen atoms in total. The molecule has 0 radical (unpaired) electrons. The molecule has 0 aromatic rings. The quantitative estimate of drug-likeness (QED) is 0.584. The van der Waals surface area contributed by atoms with Crippen LogP contribution in [0.2, 0.25) is 0 Å². The van der Waals surface area contributed by atoms with Gasteiger partial charge in [-0.25, -0.2) is 9.59 Å². The minimum absolute atomic E-state index is 0.00119. The Bertz CT molecular complexity index is 295. The van der Waals surface area contributed by atoms with Crippen molar-refractivity contribution in [3.8, 4) is 0 Å². The molecule has 0 bridgehead atoms. The number of carbonyl (C=O) groups is 2. The van der Waals surface area contributed by atoms with Gasteiger partial charge < -0.3 is 15.2 Å². The lowest BCUT2D eigenvalue weighted by molar-refractivity contribution is -0.141. The summed E-state index contributed by atoms with van der Waals surface area (Å²) >= 11 is 0. The van der Waals surface area contributed by atoms with E-state index in [0.29, 0.717) is 0 Å². The van der Waals surface area contributed by atoms with Crippen molar-refractivity contribution in [3.63, 3.8) is 0 Å². The largest absolute Gasteiger partial charge is 0.480 e. The molecule has 0 spiro atoms. The highest BCUT2D eigenvalue weighted by Gasteiger charge is 2.30. The zero-order valence-corrected chi connectivity index (χ0v) is 10.6. The average molecular weight is 255 g/mol. The number of alkyl carbamates (subject to hydrolysis) is 1. The first-order chi connectivity index (χ1) is 8.65. The van der Waals surface area contributed by atoms with Crippen LogP contribution in [0, 0.1) is 5.92 Å². The molecule has 1 unspecified atom stereocenters. The molecule has 0 aliphatic heterocycles. The van der Waals surface area contributed by atoms with Crippen LogP contribution in [0.5, 0.6) is 0 Å². The Morgan fingerprint density at radius 3 is 2.44 bits per heavy atom. The summed E-state index contributed by atoms with van der Waals surface area (Å²) in [5, 5.41) is 11.6. The average Bonchev–Trinajstić information content (AvgIpc) is 2.61. The minimum atomic E-state index is -0.988. The molecule has 1 saturated carbocycles. The van der Waals surface area contributed by atoms with Crippen molar-refractivity contribution in [3.05, 3.63) is 12.7 Å². The molecular formula is C13H21NO4. The first-order valence-corrected chi connectivity index (χ1v) is 6.42. The summed E-state index contributed by atoms with van der Waals surface area (Å²) in [6, 6.07) is -0.847. The predicted octanol–water partition coefficient (Wildman–Crippen LogP) is 2.32. The van der Waals surface area contributed by atoms with Crippen molar-refractivity contribution in [2.45, 2.75) is 44.6 Å². The molecule has 1 atom stereocenters. The van der Waals surface area contributed by atoms with E-state index in [1.54, 1.807) is 0 Å². The van der Waals surface area contributed by atoms with Crippen LogP contribution < -0.4 is 5.32 Å². The third kappa shape index (κ3) is 4.77. The van der Waals surface area contributed by atoms with Crippen molar-refractivity contribution >= 4 is 12.1 Å². The van der Waals surface area contributed by atoms with E-state index in [-0.39, 0.29) is 12.5 Å². The summed E-state index contributed by atoms with van der Waals surface area (Å²) in [7, 11) is 0. The third-order valence-electron chi connectivity index (χ3n) is 3.24. The summed E-state index contributed by atoms with van der Waals surface area (Å²) < 4.78 is 4.76. The molecule has 1 aliphatic rings. The van der Waals surface area contributed by atoms with Crippen molar-refractivity contribution in [1.29, 1.82) is 0 Å². The molecule has 1 amide bonds. The maximum Gasteiger partial charge on any atom is 0.408 e. The summed E-state index contributed by atoms with van der Waals surface area (Å²) in [6.07, 6.45) is 6.79. The van der Waals surface area contributed by atoms with Crippen molar-refractivity contribution in [1.82, 2.24) is 5.32 Å². The van der Waals surface area contributed by atoms with E-state index in [4.69, 9.17) is 4.74 Å². The Morgan fingerprint density at radius 1 is 1.33 bits per heavy atom. The highest BCUT2D eigenvalue weighted by molar-refractivity contribution is 5.80. The number of nitrogens with one attached hydrogen (secondary N) is 1. The number of rotatable bonds is 5. The topological polar surface area (TPSA) is 75.6 Å². The molecule has 18 heavy (non-hydrogen) atoms. The standard InChI is InChI=1S/C13H21NO4/c1-2-9-18-13(17)14-11(12(15)16)10-7-5-3-4-6-8-10/h2,10-11H,1,3-9H2,(H,14,17)(H,15,16). The van der Waals surface area contributed by atoms with Crippen LogP contribution in [0.15, 0.2) is 12.7 Å². The lowest BCUT2D eigenvalue weighted by Gasteiger charge is -2.23. The lowest BCUT2D eigenvalue weighted by Crippen LogP contribution is -2.46. The highest BCUT2D eigenvalue weighted by Crippen LogP contribution is 2.25. The van der Waals surface area contributed by atoms with Gasteiger partial charge in [0.1, 0.15) is 12.6 Å². The fourth-order valence-corrected chi connectivity index (χ4v) is 2.33. The van der Waals surface area contributed by atoms with Crippen LogP contribution in [0.25, 0.3) is 0 Å². The number of ether oxygens (including phenoxy) is 1. The molecule has 2 N–H and O–H groups in total. The maximum absolute atomic E-state index is 11.4. The van der Waals surface area contributed by atoms with E-state index in [0.717, 1.165) is 38.5 Å². The number of hydrogen-bond acceptors (Lipinski definition) is 3. The van der Waals surface area contributed by atoms with Gasteiger partial charge in [0.15, 0.2) is 0 Å². The van der Waals surface area contributed by atoms with Crippen LogP contribution in [0.4, 0.5) is 4.79 Å². The number of aliphatic carboxylic acids is 1. The van der Waals surface area contributed by atoms with E-state index < -0.39 is 18.1 Å². The number of amides is 1. The smallest absolute Gasteiger partial charge is 0.408 e. The molecular weight excluding hydrogens is 234 g/mol. The Hall–Kier alpha value is -1.52. The van der Waals surface area contributed by atoms with E-state index in [1.807, 2.05) is 0 Å². The lowest BCUT2D eigenvalue weighted by atomic mass is 9.92. The van der Waals surface area contributed by atoms with E-state index >= 15 is 0 Å². The second-order valence-electron chi connectivity index (χ2n) is 4.60. The van der Waals surface area contributed by atoms with Crippen LogP contribution in [0.1, 0.15) is 38.5 Å². The van der Waals surface area contributed by atoms with Gasteiger partial charge in [-0.3, -0.25) is 0 Å². The van der Waals surface area contributed by atoms with Crippen molar-refractivity contribution < 1.29 is 19.4 Å². The molecule has 5 heteroatoms. The van der Waals surface area contributed by atoms with Gasteiger partial charge in [0.2, 0.25) is 0 Å². The van der Waals surface area contributed by atoms with Crippen LogP contribution in [-0.4, -0.2) is 29.8 Å². The number of carboxylic acid groups (broad SMARTS) is 1. The van der Waals surface area contributed by atoms with Gasteiger partial charge in [-0.1, -0.05) is 38.3 Å². The van der Waals surface area contributed by atoms with E-state index in [9.17, 15) is 14.7 Å². The van der Waals surface area contributed by atoms with Crippen LogP contribution >= 0.6 is 0 Å². The minimum Gasteiger partial charge on any atom is -0.480 e. The van der Waals surface area contributed by atoms with Crippen molar-refractivity contribution in [2.75, 3.05) is 6.61 Å². The van der Waals surface area contributed by atoms with Crippen LogP contribution in [-0.2, 0) is 9.53 Å². The Labute approximate surface area is 107 Å². The molecule has 1 aliphatic carbocycles. The molecule has 102 valence electrons. The molecule has 0 aromatic carbocycles. The van der Waals surface area contributed by atoms with Gasteiger partial charge in [0.05, 0.1) is 0 Å². The van der Waals surface area contributed by atoms with Gasteiger partial charge in [-0.15, -0.1) is 0 Å². The number of hydrogen-bond donors (Lipinski definition) is 2. The molecule has 0 heterocycles. The Balaban J connectivity index is 2.54. The zero-order chi connectivity index (χ0) is 13.4. The highest BCUT2D eigenvalue weighted by atomic mass is 16.5. The molecule has 1 rings (SSSR count). The normalized spacial score (nSPS) is 18.4. The van der Waals surface area contributed by atoms with E-state index in [2.05, 4.69) is 11.9 Å². The molecule has 0 aromatic heterocycles. The fraction of sp³-hybridized carbons (Fsp3) is 0.692. The predicted molar refractivity (Wildman–Crippen MR) is 67.3 cm³/mol. The Kier molecular flexibility index (Phi) is 6.25. The first-order valence-electron chi connectivity index (χ1n) is 6.42. The first kappa shape index (κ1) is 14.5. The number of carboxylic acids is 1. The van der Waals surface area contributed by atoms with Gasteiger partial charge in [0.25, 0.3) is 0 Å². The van der Waals surface area contributed by atoms with Gasteiger partial charge in [0, 0.05) is 0 Å². The van der Waals surface area contributed by atoms with E-state index in [1.165, 1.54) is 6.08 Å². The Morgan fingerprint density at radius 2 is 1.94 bits per heavy atom. The second kappa shape index (κ2) is 7.74. The van der Waals surface area contributed by atoms with Gasteiger partial charge in [-0.2, -0.15) is 0 Å². The SMILES string of the molecule is C=CCOC(=O)NC(C(=O)O)C1CCCCCC1.